The van der Waals surface area contributed by atoms with Crippen LogP contribution in [0.25, 0.3) is 0 Å². The molecule has 1 aromatic carbocycles. The first-order valence-corrected chi connectivity index (χ1v) is 4.49. The molecule has 0 radical (unpaired) electrons. The molecule has 0 amide bonds. The van der Waals surface area contributed by atoms with E-state index < -0.39 is 0 Å². The quantitative estimate of drug-likeness (QED) is 0.499. The molecule has 1 aromatic rings. The third-order valence-corrected chi connectivity index (χ3v) is 2.37. The van der Waals surface area contributed by atoms with Crippen LogP contribution < -0.4 is 5.73 Å². The fourth-order valence-electron chi connectivity index (χ4n) is 1.16. The predicted molar refractivity (Wildman–Crippen MR) is 56.2 cm³/mol. The third kappa shape index (κ3) is 1.89. The Labute approximate surface area is 83.3 Å². The molecular formula is C10H14ClNO. The number of rotatable bonds is 0. The Hall–Kier alpha value is -0.890. The standard InChI is InChI=1S/C10H14ClNO/c1-10(2,3)6-4-5-7(13)9(12)8(6)11/h4-5,13H,12H2,1-3H3. The lowest BCUT2D eigenvalue weighted by Gasteiger charge is -2.21. The maximum absolute atomic E-state index is 9.28. The summed E-state index contributed by atoms with van der Waals surface area (Å²) in [7, 11) is 0. The van der Waals surface area contributed by atoms with E-state index in [2.05, 4.69) is 0 Å². The zero-order chi connectivity index (χ0) is 10.2. The lowest BCUT2D eigenvalue weighted by Crippen LogP contribution is -2.12. The maximum atomic E-state index is 9.28. The van der Waals surface area contributed by atoms with E-state index >= 15 is 0 Å². The zero-order valence-corrected chi connectivity index (χ0v) is 8.81. The summed E-state index contributed by atoms with van der Waals surface area (Å²) in [4.78, 5) is 0. The van der Waals surface area contributed by atoms with E-state index in [4.69, 9.17) is 17.3 Å². The molecule has 0 saturated carbocycles. The summed E-state index contributed by atoms with van der Waals surface area (Å²) in [6.45, 7) is 6.14. The van der Waals surface area contributed by atoms with E-state index in [-0.39, 0.29) is 16.9 Å². The SMILES string of the molecule is CC(C)(C)c1ccc(O)c(N)c1Cl. The molecule has 0 unspecified atom stereocenters. The van der Waals surface area contributed by atoms with Crippen molar-refractivity contribution < 1.29 is 5.11 Å². The Morgan fingerprint density at radius 2 is 1.85 bits per heavy atom. The maximum Gasteiger partial charge on any atom is 0.140 e. The lowest BCUT2D eigenvalue weighted by molar-refractivity contribution is 0.477. The normalized spacial score (nSPS) is 11.7. The highest BCUT2D eigenvalue weighted by Gasteiger charge is 2.19. The van der Waals surface area contributed by atoms with Crippen LogP contribution in [-0.2, 0) is 5.41 Å². The minimum Gasteiger partial charge on any atom is -0.506 e. The molecule has 0 aliphatic rings. The number of aromatic hydroxyl groups is 1. The molecule has 0 spiro atoms. The Morgan fingerprint density at radius 1 is 1.31 bits per heavy atom. The van der Waals surface area contributed by atoms with Crippen molar-refractivity contribution in [1.29, 1.82) is 0 Å². The second kappa shape index (κ2) is 3.11. The van der Waals surface area contributed by atoms with Crippen LogP contribution in [0, 0.1) is 0 Å². The van der Waals surface area contributed by atoms with Gasteiger partial charge in [0.1, 0.15) is 5.75 Å². The van der Waals surface area contributed by atoms with Gasteiger partial charge in [-0.05, 0) is 17.0 Å². The lowest BCUT2D eigenvalue weighted by atomic mass is 9.86. The van der Waals surface area contributed by atoms with E-state index in [0.717, 1.165) is 5.56 Å². The zero-order valence-electron chi connectivity index (χ0n) is 8.06. The van der Waals surface area contributed by atoms with E-state index in [1.165, 1.54) is 0 Å². The van der Waals surface area contributed by atoms with Gasteiger partial charge in [0, 0.05) is 0 Å². The fraction of sp³-hybridized carbons (Fsp3) is 0.400. The average molecular weight is 200 g/mol. The van der Waals surface area contributed by atoms with Gasteiger partial charge in [-0.15, -0.1) is 0 Å². The summed E-state index contributed by atoms with van der Waals surface area (Å²) in [5.41, 5.74) is 6.75. The number of anilines is 1. The van der Waals surface area contributed by atoms with Gasteiger partial charge in [-0.3, -0.25) is 0 Å². The van der Waals surface area contributed by atoms with Gasteiger partial charge in [0.15, 0.2) is 0 Å². The van der Waals surface area contributed by atoms with Gasteiger partial charge in [-0.25, -0.2) is 0 Å². The largest absolute Gasteiger partial charge is 0.506 e. The number of nitrogen functional groups attached to an aromatic ring is 1. The number of phenolic OH excluding ortho intramolecular Hbond substituents is 1. The number of hydrogen-bond acceptors (Lipinski definition) is 2. The monoisotopic (exact) mass is 199 g/mol. The first-order valence-electron chi connectivity index (χ1n) is 4.11. The van der Waals surface area contributed by atoms with E-state index in [1.54, 1.807) is 12.1 Å². The van der Waals surface area contributed by atoms with Crippen LogP contribution in [0.15, 0.2) is 12.1 Å². The molecule has 0 heterocycles. The Morgan fingerprint density at radius 3 is 2.31 bits per heavy atom. The molecule has 0 saturated heterocycles. The van der Waals surface area contributed by atoms with Crippen LogP contribution in [0.1, 0.15) is 26.3 Å². The van der Waals surface area contributed by atoms with Crippen LogP contribution >= 0.6 is 11.6 Å². The second-order valence-corrected chi connectivity index (χ2v) is 4.49. The summed E-state index contributed by atoms with van der Waals surface area (Å²) in [6.07, 6.45) is 0. The van der Waals surface area contributed by atoms with Crippen LogP contribution in [-0.4, -0.2) is 5.11 Å². The first-order chi connectivity index (χ1) is 5.84. The molecule has 1 rings (SSSR count). The summed E-state index contributed by atoms with van der Waals surface area (Å²) in [5, 5.41) is 9.73. The summed E-state index contributed by atoms with van der Waals surface area (Å²) in [6, 6.07) is 3.37. The number of nitrogens with two attached hydrogens (primary N) is 1. The van der Waals surface area contributed by atoms with E-state index in [0.29, 0.717) is 5.02 Å². The summed E-state index contributed by atoms with van der Waals surface area (Å²) >= 11 is 6.00. The minimum absolute atomic E-state index is 0.0398. The number of phenols is 1. The van der Waals surface area contributed by atoms with Crippen LogP contribution in [0.2, 0.25) is 5.02 Å². The number of benzene rings is 1. The van der Waals surface area contributed by atoms with Crippen LogP contribution in [0.3, 0.4) is 0 Å². The molecule has 0 aromatic heterocycles. The Kier molecular flexibility index (Phi) is 2.44. The van der Waals surface area contributed by atoms with Crippen LogP contribution in [0.4, 0.5) is 5.69 Å². The predicted octanol–water partition coefficient (Wildman–Crippen LogP) is 2.93. The van der Waals surface area contributed by atoms with Crippen molar-refractivity contribution in [2.45, 2.75) is 26.2 Å². The molecular weight excluding hydrogens is 186 g/mol. The van der Waals surface area contributed by atoms with Crippen molar-refractivity contribution in [3.05, 3.63) is 22.7 Å². The molecule has 0 aliphatic carbocycles. The van der Waals surface area contributed by atoms with Crippen molar-refractivity contribution in [1.82, 2.24) is 0 Å². The fourth-order valence-corrected chi connectivity index (χ4v) is 1.61. The highest BCUT2D eigenvalue weighted by Crippen LogP contribution is 2.37. The molecule has 2 nitrogen and oxygen atoms in total. The van der Waals surface area contributed by atoms with Gasteiger partial charge in [0.05, 0.1) is 10.7 Å². The molecule has 72 valence electrons. The van der Waals surface area contributed by atoms with Crippen molar-refractivity contribution >= 4 is 17.3 Å². The molecule has 0 fully saturated rings. The third-order valence-electron chi connectivity index (χ3n) is 1.96. The molecule has 0 bridgehead atoms. The van der Waals surface area contributed by atoms with Crippen molar-refractivity contribution in [3.8, 4) is 5.75 Å². The van der Waals surface area contributed by atoms with Gasteiger partial charge < -0.3 is 10.8 Å². The molecule has 0 atom stereocenters. The highest BCUT2D eigenvalue weighted by molar-refractivity contribution is 6.34. The molecule has 13 heavy (non-hydrogen) atoms. The minimum atomic E-state index is -0.0566. The molecule has 3 heteroatoms. The van der Waals surface area contributed by atoms with Gasteiger partial charge in [0.2, 0.25) is 0 Å². The van der Waals surface area contributed by atoms with E-state index in [1.807, 2.05) is 20.8 Å². The van der Waals surface area contributed by atoms with Crippen molar-refractivity contribution in [3.63, 3.8) is 0 Å². The van der Waals surface area contributed by atoms with Crippen molar-refractivity contribution in [2.24, 2.45) is 0 Å². The van der Waals surface area contributed by atoms with E-state index in [9.17, 15) is 5.11 Å². The van der Waals surface area contributed by atoms with Crippen molar-refractivity contribution in [2.75, 3.05) is 5.73 Å². The average Bonchev–Trinajstić information content (AvgIpc) is 1.98. The topological polar surface area (TPSA) is 46.2 Å². The van der Waals surface area contributed by atoms with Gasteiger partial charge in [-0.2, -0.15) is 0 Å². The van der Waals surface area contributed by atoms with Gasteiger partial charge in [0.25, 0.3) is 0 Å². The first kappa shape index (κ1) is 10.2. The molecule has 3 N–H and O–H groups in total. The summed E-state index contributed by atoms with van der Waals surface area (Å²) < 4.78 is 0. The number of hydrogen-bond donors (Lipinski definition) is 2. The van der Waals surface area contributed by atoms with Gasteiger partial charge in [-0.1, -0.05) is 38.4 Å². The van der Waals surface area contributed by atoms with Gasteiger partial charge >= 0.3 is 0 Å². The summed E-state index contributed by atoms with van der Waals surface area (Å²) in [5.74, 6) is 0.0398. The van der Waals surface area contributed by atoms with Crippen LogP contribution in [0.5, 0.6) is 5.75 Å². The molecule has 0 aliphatic heterocycles. The number of halogens is 1. The Bertz CT molecular complexity index is 328. The Balaban J connectivity index is 3.35. The highest BCUT2D eigenvalue weighted by atomic mass is 35.5. The second-order valence-electron chi connectivity index (χ2n) is 4.11. The smallest absolute Gasteiger partial charge is 0.140 e.